The minimum Gasteiger partial charge on any atom is -0.492 e. The molecule has 81 heavy (non-hydrogen) atoms. The monoisotopic (exact) mass is 1140 g/mol. The van der Waals surface area contributed by atoms with E-state index in [2.05, 4.69) is 36.0 Å². The summed E-state index contributed by atoms with van der Waals surface area (Å²) in [6.45, 7) is 15.7. The molecule has 1 aliphatic heterocycles. The molecule has 0 atom stereocenters. The van der Waals surface area contributed by atoms with Crippen LogP contribution < -0.4 is 45.9 Å². The zero-order chi connectivity index (χ0) is 59.8. The van der Waals surface area contributed by atoms with Crippen molar-refractivity contribution in [1.82, 2.24) is 26.0 Å². The summed E-state index contributed by atoms with van der Waals surface area (Å²) in [5.74, 6) is -1.33. The van der Waals surface area contributed by atoms with Crippen molar-refractivity contribution in [2.75, 3.05) is 52.2 Å². The molecule has 0 spiro atoms. The van der Waals surface area contributed by atoms with Gasteiger partial charge in [-0.25, -0.2) is 26.3 Å². The molecule has 0 aliphatic carbocycles. The Hall–Kier alpha value is -9.06. The number of ether oxygens (including phenoxy) is 2. The van der Waals surface area contributed by atoms with Gasteiger partial charge in [0, 0.05) is 16.7 Å². The second-order valence-electron chi connectivity index (χ2n) is 20.8. The predicted octanol–water partition coefficient (Wildman–Crippen LogP) is 8.93. The van der Waals surface area contributed by atoms with Crippen molar-refractivity contribution in [3.8, 4) is 17.2 Å². The van der Waals surface area contributed by atoms with Crippen LogP contribution in [0.5, 0.6) is 11.5 Å². The molecule has 426 valence electrons. The van der Waals surface area contributed by atoms with Gasteiger partial charge in [-0.3, -0.25) is 34.3 Å². The minimum atomic E-state index is -3.61. The number of ketones is 2. The lowest BCUT2D eigenvalue weighted by Gasteiger charge is -2.24. The normalized spacial score (nSPS) is 12.3. The van der Waals surface area contributed by atoms with Gasteiger partial charge in [0.2, 0.25) is 31.6 Å². The molecular weight excluding hydrogens is 1080 g/mol. The largest absolute Gasteiger partial charge is 0.492 e. The lowest BCUT2D eigenvalue weighted by atomic mass is 9.86. The Morgan fingerprint density at radius 2 is 1.10 bits per heavy atom. The van der Waals surface area contributed by atoms with E-state index in [-0.39, 0.29) is 45.1 Å². The van der Waals surface area contributed by atoms with Gasteiger partial charge < -0.3 is 25.6 Å². The first-order valence-electron chi connectivity index (χ1n) is 24.9. The Labute approximate surface area is 471 Å². The minimum absolute atomic E-state index is 0.131. The van der Waals surface area contributed by atoms with Crippen LogP contribution in [0, 0.1) is 13.8 Å². The van der Waals surface area contributed by atoms with Crippen molar-refractivity contribution in [3.05, 3.63) is 190 Å². The van der Waals surface area contributed by atoms with Crippen LogP contribution in [-0.2, 0) is 30.9 Å². The SMILES string of the molecule is COc1c(N)cc(C(C)(C)C)cc1NS(C)(=O)=O.COc1c(NC(=O)c2ccc(C)c(-n3cc(C(=O)c4ccccc4)nn3)c2)cc(C(C)(C)C)cc1NS(C)(=O)=O.Cc1ccc(C(=O)O)cc1N1C=C(C(=O)c2ccccc2)NN1. The number of benzene rings is 6. The number of methoxy groups -OCH3 is 2. The van der Waals surface area contributed by atoms with E-state index in [0.717, 1.165) is 34.8 Å². The van der Waals surface area contributed by atoms with Gasteiger partial charge in [-0.2, -0.15) is 0 Å². The third-order valence-corrected chi connectivity index (χ3v) is 13.4. The Morgan fingerprint density at radius 1 is 0.617 bits per heavy atom. The molecule has 1 aromatic heterocycles. The number of carbonyl (C=O) groups is 4. The Morgan fingerprint density at radius 3 is 1.62 bits per heavy atom. The molecular formula is C58H66N10O11S2. The molecule has 0 saturated carbocycles. The number of nitrogens with two attached hydrogens (primary N) is 1. The molecule has 0 fully saturated rings. The van der Waals surface area contributed by atoms with Gasteiger partial charge in [-0.1, -0.05) is 120 Å². The van der Waals surface area contributed by atoms with Crippen LogP contribution in [0.25, 0.3) is 5.69 Å². The third kappa shape index (κ3) is 16.0. The van der Waals surface area contributed by atoms with Gasteiger partial charge in [0.25, 0.3) is 5.91 Å². The quantitative estimate of drug-likeness (QED) is 0.0372. The topological polar surface area (TPSA) is 295 Å². The van der Waals surface area contributed by atoms with Gasteiger partial charge in [0.05, 0.1) is 78.8 Å². The molecule has 0 saturated heterocycles. The maximum atomic E-state index is 13.4. The molecule has 1 aliphatic rings. The molecule has 2 heterocycles. The second kappa shape index (κ2) is 24.9. The molecule has 0 radical (unpaired) electrons. The van der Waals surface area contributed by atoms with Crippen molar-refractivity contribution in [3.63, 3.8) is 0 Å². The van der Waals surface area contributed by atoms with Crippen LogP contribution in [-0.4, -0.2) is 87.1 Å². The zero-order valence-electron chi connectivity index (χ0n) is 46.9. The van der Waals surface area contributed by atoms with E-state index in [1.807, 2.05) is 67.5 Å². The summed E-state index contributed by atoms with van der Waals surface area (Å²) in [7, 11) is -4.13. The Kier molecular flexibility index (Phi) is 18.8. The first-order chi connectivity index (χ1) is 37.9. The highest BCUT2D eigenvalue weighted by Gasteiger charge is 2.25. The highest BCUT2D eigenvalue weighted by atomic mass is 32.2. The molecule has 7 aromatic rings. The van der Waals surface area contributed by atoms with E-state index in [1.54, 1.807) is 120 Å². The number of carbonyl (C=O) groups excluding carboxylic acids is 3. The van der Waals surface area contributed by atoms with E-state index >= 15 is 0 Å². The third-order valence-electron chi connectivity index (χ3n) is 12.2. The summed E-state index contributed by atoms with van der Waals surface area (Å²) in [5.41, 5.74) is 19.2. The number of aromatic nitrogens is 3. The lowest BCUT2D eigenvalue weighted by molar-refractivity contribution is 0.0696. The number of aryl methyl sites for hydroxylation is 2. The maximum Gasteiger partial charge on any atom is 0.335 e. The van der Waals surface area contributed by atoms with Gasteiger partial charge in [0.15, 0.2) is 17.2 Å². The number of rotatable bonds is 15. The Bertz CT molecular complexity index is 3760. The first kappa shape index (κ1) is 61.2. The second-order valence-corrected chi connectivity index (χ2v) is 24.3. The van der Waals surface area contributed by atoms with Crippen LogP contribution in [0.1, 0.15) is 111 Å². The molecule has 21 nitrogen and oxygen atoms in total. The standard InChI is InChI=1S/C29H31N5O5S.C17H15N3O3.C12H20N2O3S/c1-18-12-13-20(14-25(18)34-17-24(31-33-34)26(35)19-10-8-7-9-11-19)28(36)30-22-15-21(29(2,3)4)16-23(27(22)39-5)32-40(6,37)38;1-11-7-8-13(17(22)23)9-15(11)20-10-14(18-19-20)16(21)12-5-3-2-4-6-12;1-12(2,3)8-6-9(13)11(17-4)10(7-8)14-18(5,15)16/h7-17,32H,1-6H3,(H,30,36);2-10,18-19H,1H3,(H,22,23);6-7,14H,13H2,1-5H3. The predicted molar refractivity (Wildman–Crippen MR) is 314 cm³/mol. The van der Waals surface area contributed by atoms with E-state index in [4.69, 9.17) is 20.3 Å². The van der Waals surface area contributed by atoms with Crippen molar-refractivity contribution in [2.24, 2.45) is 0 Å². The average Bonchev–Trinajstić information content (AvgIpc) is 4.12. The number of Topliss-reactive ketones (excluding diaryl/α,β-unsaturated/α-hetero) is 1. The molecule has 1 amide bonds. The fourth-order valence-electron chi connectivity index (χ4n) is 7.96. The highest BCUT2D eigenvalue weighted by Crippen LogP contribution is 2.40. The number of allylic oxidation sites excluding steroid dienone is 1. The average molecular weight is 1140 g/mol. The summed E-state index contributed by atoms with van der Waals surface area (Å²) < 4.78 is 63.7. The van der Waals surface area contributed by atoms with Crippen molar-refractivity contribution < 1.29 is 50.6 Å². The number of nitrogen functional groups attached to an aromatic ring is 1. The molecule has 23 heteroatoms. The summed E-state index contributed by atoms with van der Waals surface area (Å²) >= 11 is 0. The van der Waals surface area contributed by atoms with Gasteiger partial charge in [0.1, 0.15) is 5.70 Å². The highest BCUT2D eigenvalue weighted by molar-refractivity contribution is 7.92. The molecule has 6 aromatic carbocycles. The summed E-state index contributed by atoms with van der Waals surface area (Å²) in [4.78, 5) is 49.7. The number of hydrogen-bond acceptors (Lipinski definition) is 16. The summed E-state index contributed by atoms with van der Waals surface area (Å²) in [6.07, 6.45) is 5.28. The number of nitrogens with one attached hydrogen (secondary N) is 5. The fourth-order valence-corrected chi connectivity index (χ4v) is 9.06. The van der Waals surface area contributed by atoms with Crippen molar-refractivity contribution >= 4 is 71.9 Å². The number of amides is 1. The van der Waals surface area contributed by atoms with E-state index in [1.165, 1.54) is 25.1 Å². The first-order valence-corrected chi connectivity index (χ1v) is 28.7. The van der Waals surface area contributed by atoms with E-state index in [0.29, 0.717) is 56.6 Å². The fraction of sp³-hybridized carbons (Fsp3) is 0.241. The number of carboxylic acids is 1. The lowest BCUT2D eigenvalue weighted by Crippen LogP contribution is -2.37. The van der Waals surface area contributed by atoms with Crippen LogP contribution in [0.4, 0.5) is 28.4 Å². The molecule has 0 unspecified atom stereocenters. The molecule has 8 N–H and O–H groups in total. The number of sulfonamides is 2. The van der Waals surface area contributed by atoms with Gasteiger partial charge in [-0.05, 0) is 95.5 Å². The zero-order valence-corrected chi connectivity index (χ0v) is 48.5. The summed E-state index contributed by atoms with van der Waals surface area (Å²) in [5, 5.41) is 21.7. The maximum absolute atomic E-state index is 13.4. The van der Waals surface area contributed by atoms with E-state index in [9.17, 15) is 36.0 Å². The number of anilines is 5. The molecule has 0 bridgehead atoms. The Balaban J connectivity index is 0.000000217. The smallest absolute Gasteiger partial charge is 0.335 e. The van der Waals surface area contributed by atoms with Crippen LogP contribution in [0.2, 0.25) is 0 Å². The van der Waals surface area contributed by atoms with Crippen LogP contribution in [0.15, 0.2) is 139 Å². The van der Waals surface area contributed by atoms with Crippen molar-refractivity contribution in [2.45, 2.75) is 66.2 Å². The number of carboxylic acid groups (broad SMARTS) is 1. The molecule has 8 rings (SSSR count). The van der Waals surface area contributed by atoms with Crippen LogP contribution >= 0.6 is 0 Å². The van der Waals surface area contributed by atoms with Gasteiger partial charge >= 0.3 is 5.97 Å². The number of hydrazine groups is 2. The van der Waals surface area contributed by atoms with Crippen molar-refractivity contribution in [1.29, 1.82) is 0 Å². The van der Waals surface area contributed by atoms with E-state index < -0.39 is 31.9 Å². The number of hydrogen-bond donors (Lipinski definition) is 7. The number of aromatic carboxylic acids is 1. The number of nitrogens with zero attached hydrogens (tertiary/aromatic N) is 4. The van der Waals surface area contributed by atoms with Gasteiger partial charge in [-0.15, -0.1) is 10.6 Å². The summed E-state index contributed by atoms with van der Waals surface area (Å²) in [6, 6.07) is 34.6. The van der Waals surface area contributed by atoms with Crippen LogP contribution in [0.3, 0.4) is 0 Å².